The summed E-state index contributed by atoms with van der Waals surface area (Å²) >= 11 is 0. The van der Waals surface area contributed by atoms with Crippen molar-refractivity contribution in [1.29, 1.82) is 0 Å². The van der Waals surface area contributed by atoms with E-state index in [0.717, 1.165) is 0 Å². The number of nitrogens with zero attached hydrogens (tertiary/aromatic N) is 1. The van der Waals surface area contributed by atoms with Gasteiger partial charge in [0.2, 0.25) is 17.6 Å². The van der Waals surface area contributed by atoms with E-state index in [1.807, 2.05) is 0 Å². The van der Waals surface area contributed by atoms with Crippen LogP contribution in [0.5, 0.6) is 11.5 Å². The number of hydrogen-bond acceptors (Lipinski definition) is 4. The number of aromatic nitrogens is 1. The molecule has 2 rings (SSSR count). The molecule has 0 atom stereocenters. The molecule has 5 nitrogen and oxygen atoms in total. The summed E-state index contributed by atoms with van der Waals surface area (Å²) < 4.78 is 11.0. The van der Waals surface area contributed by atoms with Crippen molar-refractivity contribution in [3.05, 3.63) is 23.2 Å². The van der Waals surface area contributed by atoms with Crippen LogP contribution in [-0.4, -0.2) is 18.3 Å². The van der Waals surface area contributed by atoms with Crippen molar-refractivity contribution >= 4 is 0 Å². The Morgan fingerprint density at radius 3 is 2.77 bits per heavy atom. The van der Waals surface area contributed by atoms with Crippen LogP contribution in [0.1, 0.15) is 5.69 Å². The van der Waals surface area contributed by atoms with E-state index in [4.69, 9.17) is 14.6 Å². The first-order chi connectivity index (χ1) is 6.31. The molecule has 1 N–H and O–H groups in total. The second kappa shape index (κ2) is 3.10. The van der Waals surface area contributed by atoms with Gasteiger partial charge in [-0.15, -0.1) is 0 Å². The van der Waals surface area contributed by atoms with Gasteiger partial charge in [0.25, 0.3) is 0 Å². The Hall–Kier alpha value is -1.49. The molecule has 1 aromatic rings. The van der Waals surface area contributed by atoms with Crippen LogP contribution in [0.2, 0.25) is 0 Å². The Morgan fingerprint density at radius 1 is 1.38 bits per heavy atom. The summed E-state index contributed by atoms with van der Waals surface area (Å²) in [5, 5.41) is 19.9. The maximum atomic E-state index is 11.1. The minimum atomic E-state index is -0.305. The number of ether oxygens (including phenoxy) is 2. The molecule has 13 heavy (non-hydrogen) atoms. The summed E-state index contributed by atoms with van der Waals surface area (Å²) in [7, 11) is 0. The second-order valence-corrected chi connectivity index (χ2v) is 2.67. The number of pyridine rings is 1. The first-order valence-corrected chi connectivity index (χ1v) is 3.94. The molecular formula is C8H9NO4. The largest absolute Gasteiger partial charge is 0.618 e. The van der Waals surface area contributed by atoms with Gasteiger partial charge >= 0.3 is 0 Å². The highest BCUT2D eigenvalue weighted by atomic mass is 16.6. The lowest BCUT2D eigenvalue weighted by molar-refractivity contribution is -0.616. The smallest absolute Gasteiger partial charge is 0.227 e. The van der Waals surface area contributed by atoms with Crippen molar-refractivity contribution in [2.24, 2.45) is 0 Å². The van der Waals surface area contributed by atoms with Gasteiger partial charge in [0.1, 0.15) is 19.8 Å². The monoisotopic (exact) mass is 183 g/mol. The number of hydrogen-bond donors (Lipinski definition) is 1. The molecule has 0 unspecified atom stereocenters. The van der Waals surface area contributed by atoms with Crippen LogP contribution in [-0.2, 0) is 6.61 Å². The molecule has 0 fully saturated rings. The van der Waals surface area contributed by atoms with Gasteiger partial charge < -0.3 is 19.8 Å². The van der Waals surface area contributed by atoms with Crippen LogP contribution < -0.4 is 14.2 Å². The van der Waals surface area contributed by atoms with Crippen molar-refractivity contribution in [3.63, 3.8) is 0 Å². The minimum Gasteiger partial charge on any atom is -0.618 e. The Bertz CT molecular complexity index is 326. The zero-order valence-electron chi connectivity index (χ0n) is 6.90. The fraction of sp³-hybridized carbons (Fsp3) is 0.375. The Labute approximate surface area is 74.7 Å². The summed E-state index contributed by atoms with van der Waals surface area (Å²) in [4.78, 5) is 0. The average Bonchev–Trinajstić information content (AvgIpc) is 2.17. The molecule has 2 heterocycles. The molecule has 0 aromatic carbocycles. The lowest BCUT2D eigenvalue weighted by Gasteiger charge is -2.17. The van der Waals surface area contributed by atoms with Gasteiger partial charge in [0.05, 0.1) is 6.07 Å². The van der Waals surface area contributed by atoms with E-state index in [0.29, 0.717) is 29.4 Å². The van der Waals surface area contributed by atoms with Gasteiger partial charge in [-0.2, -0.15) is 4.73 Å². The molecule has 0 spiro atoms. The first-order valence-electron chi connectivity index (χ1n) is 3.94. The van der Waals surface area contributed by atoms with E-state index in [1.165, 1.54) is 12.3 Å². The number of aliphatic hydroxyl groups excluding tert-OH is 1. The maximum Gasteiger partial charge on any atom is 0.227 e. The molecular weight excluding hydrogens is 174 g/mol. The molecule has 0 saturated carbocycles. The van der Waals surface area contributed by atoms with Crippen LogP contribution in [0.3, 0.4) is 0 Å². The average molecular weight is 183 g/mol. The maximum absolute atomic E-state index is 11.1. The molecule has 0 aliphatic carbocycles. The van der Waals surface area contributed by atoms with Gasteiger partial charge in [-0.1, -0.05) is 0 Å². The Balaban J connectivity index is 2.44. The van der Waals surface area contributed by atoms with Crippen LogP contribution in [0.25, 0.3) is 0 Å². The predicted molar refractivity (Wildman–Crippen MR) is 42.3 cm³/mol. The SMILES string of the molecule is [O-][n+]1cc2c(cc1CO)OCCO2. The van der Waals surface area contributed by atoms with Gasteiger partial charge in [-0.3, -0.25) is 0 Å². The molecule has 5 heteroatoms. The minimum absolute atomic E-state index is 0.254. The van der Waals surface area contributed by atoms with Gasteiger partial charge in [-0.05, 0) is 0 Å². The normalized spacial score (nSPS) is 14.2. The number of aliphatic hydroxyl groups is 1. The molecule has 70 valence electrons. The lowest BCUT2D eigenvalue weighted by Crippen LogP contribution is -2.33. The predicted octanol–water partition coefficient (Wildman–Crippen LogP) is -0.417. The zero-order chi connectivity index (χ0) is 9.26. The Kier molecular flexibility index (Phi) is 1.94. The van der Waals surface area contributed by atoms with Crippen LogP contribution in [0.15, 0.2) is 12.3 Å². The fourth-order valence-electron chi connectivity index (χ4n) is 1.18. The quantitative estimate of drug-likeness (QED) is 0.474. The molecule has 1 aliphatic heterocycles. The van der Waals surface area contributed by atoms with Crippen LogP contribution in [0, 0.1) is 5.21 Å². The summed E-state index contributed by atoms with van der Waals surface area (Å²) in [6, 6.07) is 1.49. The van der Waals surface area contributed by atoms with E-state index in [-0.39, 0.29) is 12.3 Å². The standard InChI is InChI=1S/C8H9NO4/c10-5-6-3-7-8(4-9(6)11)13-2-1-12-7/h3-4,10H,1-2,5H2. The highest BCUT2D eigenvalue weighted by molar-refractivity contribution is 5.37. The van der Waals surface area contributed by atoms with Crippen molar-refractivity contribution in [2.45, 2.75) is 6.61 Å². The third kappa shape index (κ3) is 1.38. The topological polar surface area (TPSA) is 65.6 Å². The summed E-state index contributed by atoms with van der Waals surface area (Å²) in [5.74, 6) is 0.945. The van der Waals surface area contributed by atoms with E-state index >= 15 is 0 Å². The van der Waals surface area contributed by atoms with Crippen molar-refractivity contribution < 1.29 is 19.3 Å². The highest BCUT2D eigenvalue weighted by Crippen LogP contribution is 2.28. The molecule has 1 aromatic heterocycles. The molecule has 0 amide bonds. The van der Waals surface area contributed by atoms with Crippen LogP contribution in [0.4, 0.5) is 0 Å². The fourth-order valence-corrected chi connectivity index (χ4v) is 1.18. The molecule has 0 radical (unpaired) electrons. The van der Waals surface area contributed by atoms with E-state index in [2.05, 4.69) is 0 Å². The summed E-state index contributed by atoms with van der Waals surface area (Å²) in [6.07, 6.45) is 1.26. The zero-order valence-corrected chi connectivity index (χ0v) is 6.90. The van der Waals surface area contributed by atoms with Gasteiger partial charge in [-0.25, -0.2) is 0 Å². The highest BCUT2D eigenvalue weighted by Gasteiger charge is 2.17. The lowest BCUT2D eigenvalue weighted by atomic mass is 10.3. The van der Waals surface area contributed by atoms with Crippen molar-refractivity contribution in [1.82, 2.24) is 0 Å². The first kappa shape index (κ1) is 8.12. The Morgan fingerprint density at radius 2 is 2.08 bits per heavy atom. The number of rotatable bonds is 1. The van der Waals surface area contributed by atoms with Gasteiger partial charge in [0, 0.05) is 0 Å². The molecule has 0 saturated heterocycles. The summed E-state index contributed by atoms with van der Waals surface area (Å²) in [5.41, 5.74) is 0.254. The van der Waals surface area contributed by atoms with E-state index in [1.54, 1.807) is 0 Å². The van der Waals surface area contributed by atoms with Gasteiger partial charge in [0.15, 0.2) is 5.75 Å². The van der Waals surface area contributed by atoms with E-state index < -0.39 is 0 Å². The second-order valence-electron chi connectivity index (χ2n) is 2.67. The van der Waals surface area contributed by atoms with Crippen molar-refractivity contribution in [2.75, 3.05) is 13.2 Å². The third-order valence-electron chi connectivity index (χ3n) is 1.82. The van der Waals surface area contributed by atoms with Crippen LogP contribution >= 0.6 is 0 Å². The molecule has 0 bridgehead atoms. The summed E-state index contributed by atoms with van der Waals surface area (Å²) in [6.45, 7) is 0.617. The molecule has 1 aliphatic rings. The number of fused-ring (bicyclic) bond motifs is 1. The third-order valence-corrected chi connectivity index (χ3v) is 1.82. The van der Waals surface area contributed by atoms with Crippen molar-refractivity contribution in [3.8, 4) is 11.5 Å². The van der Waals surface area contributed by atoms with E-state index in [9.17, 15) is 5.21 Å².